The van der Waals surface area contributed by atoms with Crippen molar-refractivity contribution in [3.63, 3.8) is 0 Å². The maximum atomic E-state index is 12.3. The predicted octanol–water partition coefficient (Wildman–Crippen LogP) is 3.00. The van der Waals surface area contributed by atoms with Crippen molar-refractivity contribution >= 4 is 27.3 Å². The van der Waals surface area contributed by atoms with Gasteiger partial charge in [-0.1, -0.05) is 41.9 Å². The summed E-state index contributed by atoms with van der Waals surface area (Å²) in [5, 5.41) is 3.39. The zero-order valence-corrected chi connectivity index (χ0v) is 16.6. The lowest BCUT2D eigenvalue weighted by Gasteiger charge is -2.24. The van der Waals surface area contributed by atoms with Crippen molar-refractivity contribution in [2.75, 3.05) is 18.1 Å². The second kappa shape index (κ2) is 7.90. The van der Waals surface area contributed by atoms with E-state index in [1.165, 1.54) is 0 Å². The second-order valence-corrected chi connectivity index (χ2v) is 9.77. The molecule has 0 bridgehead atoms. The molecule has 1 N–H and O–H groups in total. The van der Waals surface area contributed by atoms with E-state index in [0.29, 0.717) is 23.6 Å². The summed E-state index contributed by atoms with van der Waals surface area (Å²) < 4.78 is 29.0. The third-order valence-corrected chi connectivity index (χ3v) is 6.70. The molecule has 1 amide bonds. The van der Waals surface area contributed by atoms with Gasteiger partial charge in [-0.05, 0) is 42.7 Å². The van der Waals surface area contributed by atoms with Crippen LogP contribution in [0.3, 0.4) is 0 Å². The number of rotatable bonds is 6. The maximum absolute atomic E-state index is 12.3. The summed E-state index contributed by atoms with van der Waals surface area (Å²) in [7, 11) is -3.08. The Balaban J connectivity index is 1.65. The normalized spacial score (nSPS) is 21.0. The van der Waals surface area contributed by atoms with Crippen LogP contribution in [0, 0.1) is 0 Å². The highest BCUT2D eigenvalue weighted by Crippen LogP contribution is 2.26. The van der Waals surface area contributed by atoms with Gasteiger partial charge in [-0.2, -0.15) is 0 Å². The zero-order chi connectivity index (χ0) is 19.5. The van der Waals surface area contributed by atoms with Crippen molar-refractivity contribution < 1.29 is 17.9 Å². The Morgan fingerprint density at radius 3 is 2.63 bits per heavy atom. The molecule has 0 radical (unpaired) electrons. The lowest BCUT2D eigenvalue weighted by atomic mass is 10.0. The molecular formula is C20H22ClNO4S. The SMILES string of the molecule is C[C@@]1(NC(=O)COc2ccc(Cl)cc2Cc2ccccc2)CCS(=O)(=O)C1. The summed E-state index contributed by atoms with van der Waals surface area (Å²) in [5.41, 5.74) is 1.26. The molecule has 3 rings (SSSR count). The first-order valence-electron chi connectivity index (χ1n) is 8.71. The fraction of sp³-hybridized carbons (Fsp3) is 0.350. The van der Waals surface area contributed by atoms with E-state index >= 15 is 0 Å². The Hall–Kier alpha value is -2.05. The van der Waals surface area contributed by atoms with Crippen LogP contribution >= 0.6 is 11.6 Å². The highest BCUT2D eigenvalue weighted by molar-refractivity contribution is 7.91. The number of ether oxygens (including phenoxy) is 1. The number of nitrogens with one attached hydrogen (secondary N) is 1. The molecule has 7 heteroatoms. The molecule has 0 aliphatic carbocycles. The van der Waals surface area contributed by atoms with Crippen LogP contribution in [0.4, 0.5) is 0 Å². The fourth-order valence-electron chi connectivity index (χ4n) is 3.27. The van der Waals surface area contributed by atoms with E-state index in [1.807, 2.05) is 36.4 Å². The van der Waals surface area contributed by atoms with Crippen LogP contribution in [0.5, 0.6) is 5.75 Å². The van der Waals surface area contributed by atoms with Gasteiger partial charge in [0.2, 0.25) is 0 Å². The molecule has 1 saturated heterocycles. The topological polar surface area (TPSA) is 72.5 Å². The molecular weight excluding hydrogens is 386 g/mol. The smallest absolute Gasteiger partial charge is 0.258 e. The van der Waals surface area contributed by atoms with Crippen molar-refractivity contribution in [3.05, 3.63) is 64.7 Å². The molecule has 0 aromatic heterocycles. The molecule has 1 aliphatic heterocycles. The van der Waals surface area contributed by atoms with E-state index in [9.17, 15) is 13.2 Å². The number of benzene rings is 2. The van der Waals surface area contributed by atoms with E-state index in [-0.39, 0.29) is 24.0 Å². The minimum absolute atomic E-state index is 0.0358. The molecule has 1 heterocycles. The fourth-order valence-corrected chi connectivity index (χ4v) is 5.56. The van der Waals surface area contributed by atoms with E-state index < -0.39 is 15.4 Å². The van der Waals surface area contributed by atoms with Gasteiger partial charge in [-0.3, -0.25) is 4.79 Å². The zero-order valence-electron chi connectivity index (χ0n) is 15.1. The summed E-state index contributed by atoms with van der Waals surface area (Å²) in [6.45, 7) is 1.57. The van der Waals surface area contributed by atoms with Crippen LogP contribution in [0.15, 0.2) is 48.5 Å². The first kappa shape index (κ1) is 19.7. The monoisotopic (exact) mass is 407 g/mol. The average Bonchev–Trinajstić information content (AvgIpc) is 2.88. The number of hydrogen-bond acceptors (Lipinski definition) is 4. The Morgan fingerprint density at radius 1 is 1.22 bits per heavy atom. The predicted molar refractivity (Wildman–Crippen MR) is 106 cm³/mol. The minimum atomic E-state index is -3.08. The van der Waals surface area contributed by atoms with Crippen LogP contribution in [0.2, 0.25) is 5.02 Å². The molecule has 27 heavy (non-hydrogen) atoms. The second-order valence-electron chi connectivity index (χ2n) is 7.15. The lowest BCUT2D eigenvalue weighted by molar-refractivity contribution is -0.124. The standard InChI is InChI=1S/C20H22ClNO4S/c1-20(9-10-27(24,25)14-20)22-19(23)13-26-18-8-7-17(21)12-16(18)11-15-5-3-2-4-6-15/h2-8,12H,9-11,13-14H2,1H3,(H,22,23)/t20-/m1/s1. The third-order valence-electron chi connectivity index (χ3n) is 4.56. The molecule has 1 fully saturated rings. The minimum Gasteiger partial charge on any atom is -0.483 e. The molecule has 0 saturated carbocycles. The molecule has 2 aromatic carbocycles. The highest BCUT2D eigenvalue weighted by Gasteiger charge is 2.39. The van der Waals surface area contributed by atoms with Gasteiger partial charge in [0, 0.05) is 11.4 Å². The Morgan fingerprint density at radius 2 is 1.96 bits per heavy atom. The molecule has 144 valence electrons. The van der Waals surface area contributed by atoms with Crippen molar-refractivity contribution in [1.82, 2.24) is 5.32 Å². The van der Waals surface area contributed by atoms with Gasteiger partial charge in [0.1, 0.15) is 5.75 Å². The van der Waals surface area contributed by atoms with Crippen LogP contribution in [0.1, 0.15) is 24.5 Å². The molecule has 1 aliphatic rings. The van der Waals surface area contributed by atoms with Crippen LogP contribution < -0.4 is 10.1 Å². The summed E-state index contributed by atoms with van der Waals surface area (Å²) in [6, 6.07) is 15.2. The van der Waals surface area contributed by atoms with Crippen molar-refractivity contribution in [3.8, 4) is 5.75 Å². The third kappa shape index (κ3) is 5.47. The Labute approximate surface area is 164 Å². The number of carbonyl (C=O) groups excluding carboxylic acids is 1. The molecule has 2 aromatic rings. The van der Waals surface area contributed by atoms with Crippen LogP contribution in [-0.4, -0.2) is 38.0 Å². The van der Waals surface area contributed by atoms with Gasteiger partial charge >= 0.3 is 0 Å². The van der Waals surface area contributed by atoms with Crippen LogP contribution in [0.25, 0.3) is 0 Å². The van der Waals surface area contributed by atoms with Gasteiger partial charge < -0.3 is 10.1 Å². The number of hydrogen-bond donors (Lipinski definition) is 1. The number of amides is 1. The summed E-state index contributed by atoms with van der Waals surface area (Å²) in [6.07, 6.45) is 1.05. The van der Waals surface area contributed by atoms with Gasteiger partial charge in [-0.25, -0.2) is 8.42 Å². The first-order valence-corrected chi connectivity index (χ1v) is 10.9. The molecule has 1 atom stereocenters. The highest BCUT2D eigenvalue weighted by atomic mass is 35.5. The summed E-state index contributed by atoms with van der Waals surface area (Å²) in [5.74, 6) is 0.312. The molecule has 0 unspecified atom stereocenters. The van der Waals surface area contributed by atoms with E-state index in [4.69, 9.17) is 16.3 Å². The Kier molecular flexibility index (Phi) is 5.77. The number of carbonyl (C=O) groups is 1. The van der Waals surface area contributed by atoms with Crippen LogP contribution in [-0.2, 0) is 21.1 Å². The van der Waals surface area contributed by atoms with Crippen molar-refractivity contribution in [2.24, 2.45) is 0 Å². The number of sulfone groups is 1. The summed E-state index contributed by atoms with van der Waals surface area (Å²) >= 11 is 6.11. The lowest BCUT2D eigenvalue weighted by Crippen LogP contribution is -2.48. The quantitative estimate of drug-likeness (QED) is 0.798. The van der Waals surface area contributed by atoms with Gasteiger partial charge in [0.15, 0.2) is 16.4 Å². The van der Waals surface area contributed by atoms with Crippen molar-refractivity contribution in [2.45, 2.75) is 25.3 Å². The van der Waals surface area contributed by atoms with Gasteiger partial charge in [0.05, 0.1) is 17.0 Å². The number of halogens is 1. The van der Waals surface area contributed by atoms with E-state index in [0.717, 1.165) is 11.1 Å². The largest absolute Gasteiger partial charge is 0.483 e. The van der Waals surface area contributed by atoms with Gasteiger partial charge in [0.25, 0.3) is 5.91 Å². The Bertz CT molecular complexity index is 930. The van der Waals surface area contributed by atoms with E-state index in [2.05, 4.69) is 5.32 Å². The first-order chi connectivity index (χ1) is 12.7. The maximum Gasteiger partial charge on any atom is 0.258 e. The molecule has 5 nitrogen and oxygen atoms in total. The van der Waals surface area contributed by atoms with Crippen molar-refractivity contribution in [1.29, 1.82) is 0 Å². The van der Waals surface area contributed by atoms with Gasteiger partial charge in [-0.15, -0.1) is 0 Å². The van der Waals surface area contributed by atoms with E-state index in [1.54, 1.807) is 19.1 Å². The summed E-state index contributed by atoms with van der Waals surface area (Å²) in [4.78, 5) is 12.3. The molecule has 0 spiro atoms. The average molecular weight is 408 g/mol.